The van der Waals surface area contributed by atoms with E-state index < -0.39 is 5.97 Å². The summed E-state index contributed by atoms with van der Waals surface area (Å²) in [4.78, 5) is 10.4. The molecule has 0 spiro atoms. The number of carbonyl (C=O) groups is 1. The first kappa shape index (κ1) is 14.1. The third-order valence-electron chi connectivity index (χ3n) is 1.97. The fourth-order valence-electron chi connectivity index (χ4n) is 1.36. The molecular weight excluding hydrogens is 265 g/mol. The van der Waals surface area contributed by atoms with Crippen LogP contribution in [-0.2, 0) is 11.3 Å². The molecule has 0 atom stereocenters. The van der Waals surface area contributed by atoms with Crippen LogP contribution in [0.1, 0.15) is 12.5 Å². The monoisotopic (exact) mass is 277 g/mol. The second-order valence-corrected chi connectivity index (χ2v) is 4.15. The Bertz CT molecular complexity index is 410. The van der Waals surface area contributed by atoms with Gasteiger partial charge in [-0.15, -0.1) is 0 Å². The number of halogens is 2. The first-order valence-electron chi connectivity index (χ1n) is 5.07. The van der Waals surface area contributed by atoms with E-state index in [0.29, 0.717) is 28.9 Å². The van der Waals surface area contributed by atoms with Crippen LogP contribution in [0.5, 0.6) is 5.75 Å². The van der Waals surface area contributed by atoms with E-state index in [1.54, 1.807) is 12.1 Å². The van der Waals surface area contributed by atoms with Gasteiger partial charge < -0.3 is 15.2 Å². The number of carboxylic acids is 1. The third-order valence-corrected chi connectivity index (χ3v) is 2.46. The molecule has 0 radical (unpaired) electrons. The molecule has 0 aromatic heterocycles. The van der Waals surface area contributed by atoms with Crippen molar-refractivity contribution in [2.24, 2.45) is 0 Å². The van der Waals surface area contributed by atoms with Crippen molar-refractivity contribution in [1.29, 1.82) is 0 Å². The van der Waals surface area contributed by atoms with E-state index in [1.807, 2.05) is 6.92 Å². The van der Waals surface area contributed by atoms with Crippen LogP contribution in [0.25, 0.3) is 0 Å². The van der Waals surface area contributed by atoms with Gasteiger partial charge in [0, 0.05) is 17.1 Å². The van der Waals surface area contributed by atoms with Crippen LogP contribution in [0.15, 0.2) is 12.1 Å². The maximum atomic E-state index is 10.4. The number of carboxylic acid groups (broad SMARTS) is 1. The van der Waals surface area contributed by atoms with Gasteiger partial charge in [-0.25, -0.2) is 0 Å². The molecular formula is C11H13Cl2NO3. The van der Waals surface area contributed by atoms with Crippen molar-refractivity contribution in [3.8, 4) is 5.75 Å². The molecule has 0 heterocycles. The van der Waals surface area contributed by atoms with E-state index in [9.17, 15) is 4.79 Å². The summed E-state index contributed by atoms with van der Waals surface area (Å²) in [6, 6.07) is 3.29. The molecule has 0 fully saturated rings. The van der Waals surface area contributed by atoms with Crippen molar-refractivity contribution in [3.05, 3.63) is 27.7 Å². The summed E-state index contributed by atoms with van der Waals surface area (Å²) in [6.45, 7) is 2.53. The molecule has 0 aliphatic carbocycles. The Labute approximate surface area is 109 Å². The Kier molecular flexibility index (Phi) is 5.55. The Morgan fingerprint density at radius 1 is 1.47 bits per heavy atom. The highest BCUT2D eigenvalue weighted by molar-refractivity contribution is 6.35. The van der Waals surface area contributed by atoms with Gasteiger partial charge in [-0.3, -0.25) is 4.79 Å². The van der Waals surface area contributed by atoms with Gasteiger partial charge in [-0.05, 0) is 19.1 Å². The summed E-state index contributed by atoms with van der Waals surface area (Å²) >= 11 is 11.9. The average molecular weight is 278 g/mol. The molecule has 0 aliphatic heterocycles. The quantitative estimate of drug-likeness (QED) is 0.839. The minimum atomic E-state index is -0.920. The first-order valence-corrected chi connectivity index (χ1v) is 5.83. The van der Waals surface area contributed by atoms with Crippen LogP contribution in [0.3, 0.4) is 0 Å². The second-order valence-electron chi connectivity index (χ2n) is 3.31. The van der Waals surface area contributed by atoms with Gasteiger partial charge in [0.1, 0.15) is 5.75 Å². The van der Waals surface area contributed by atoms with Gasteiger partial charge in [0.25, 0.3) is 0 Å². The summed E-state index contributed by atoms with van der Waals surface area (Å²) in [5.41, 5.74) is 0.741. The Hall–Kier alpha value is -0.970. The van der Waals surface area contributed by atoms with Crippen LogP contribution < -0.4 is 10.1 Å². The van der Waals surface area contributed by atoms with Crippen LogP contribution >= 0.6 is 23.2 Å². The van der Waals surface area contributed by atoms with Gasteiger partial charge in [-0.2, -0.15) is 0 Å². The fraction of sp³-hybridized carbons (Fsp3) is 0.364. The summed E-state index contributed by atoms with van der Waals surface area (Å²) in [5.74, 6) is -0.382. The molecule has 1 rings (SSSR count). The lowest BCUT2D eigenvalue weighted by atomic mass is 10.2. The highest BCUT2D eigenvalue weighted by atomic mass is 35.5. The third kappa shape index (κ3) is 4.42. The van der Waals surface area contributed by atoms with Crippen molar-refractivity contribution < 1.29 is 14.6 Å². The van der Waals surface area contributed by atoms with E-state index in [4.69, 9.17) is 33.0 Å². The van der Waals surface area contributed by atoms with Crippen LogP contribution in [0, 0.1) is 0 Å². The molecule has 1 aromatic rings. The fourth-order valence-corrected chi connectivity index (χ4v) is 1.95. The Balaban J connectivity index is 2.83. The molecule has 0 saturated carbocycles. The molecule has 6 heteroatoms. The van der Waals surface area contributed by atoms with E-state index in [0.717, 1.165) is 5.56 Å². The minimum Gasteiger partial charge on any atom is -0.492 e. The molecule has 0 unspecified atom stereocenters. The molecule has 1 aromatic carbocycles. The minimum absolute atomic E-state index is 0.129. The van der Waals surface area contributed by atoms with Crippen LogP contribution in [-0.4, -0.2) is 24.2 Å². The van der Waals surface area contributed by atoms with Crippen LogP contribution in [0.2, 0.25) is 10.0 Å². The molecule has 0 aliphatic rings. The molecule has 94 valence electrons. The summed E-state index contributed by atoms with van der Waals surface area (Å²) < 4.78 is 5.40. The average Bonchev–Trinajstić information content (AvgIpc) is 2.22. The highest BCUT2D eigenvalue weighted by Crippen LogP contribution is 2.32. The summed E-state index contributed by atoms with van der Waals surface area (Å²) in [5, 5.41) is 12.2. The van der Waals surface area contributed by atoms with E-state index in [1.165, 1.54) is 0 Å². The standard InChI is InChI=1S/C11H13Cl2NO3/c1-2-17-11-7(5-14-6-10(15)16)3-8(12)4-9(11)13/h3-4,14H,2,5-6H2,1H3,(H,15,16). The van der Waals surface area contributed by atoms with Gasteiger partial charge in [0.2, 0.25) is 0 Å². The van der Waals surface area contributed by atoms with Gasteiger partial charge in [-0.1, -0.05) is 23.2 Å². The smallest absolute Gasteiger partial charge is 0.317 e. The maximum absolute atomic E-state index is 10.4. The Morgan fingerprint density at radius 3 is 2.76 bits per heavy atom. The Morgan fingerprint density at radius 2 is 2.18 bits per heavy atom. The summed E-state index contributed by atoms with van der Waals surface area (Å²) in [7, 11) is 0. The van der Waals surface area contributed by atoms with E-state index in [-0.39, 0.29) is 6.54 Å². The normalized spacial score (nSPS) is 10.3. The zero-order chi connectivity index (χ0) is 12.8. The number of rotatable bonds is 6. The van der Waals surface area contributed by atoms with Crippen molar-refractivity contribution in [3.63, 3.8) is 0 Å². The topological polar surface area (TPSA) is 58.6 Å². The summed E-state index contributed by atoms with van der Waals surface area (Å²) in [6.07, 6.45) is 0. The predicted octanol–water partition coefficient (Wildman–Crippen LogP) is 2.57. The lowest BCUT2D eigenvalue weighted by molar-refractivity contribution is -0.135. The van der Waals surface area contributed by atoms with Gasteiger partial charge >= 0.3 is 5.97 Å². The van der Waals surface area contributed by atoms with Gasteiger partial charge in [0.15, 0.2) is 0 Å². The lowest BCUT2D eigenvalue weighted by Crippen LogP contribution is -2.22. The molecule has 0 saturated heterocycles. The SMILES string of the molecule is CCOc1c(Cl)cc(Cl)cc1CNCC(=O)O. The highest BCUT2D eigenvalue weighted by Gasteiger charge is 2.10. The molecule has 17 heavy (non-hydrogen) atoms. The molecule has 4 nitrogen and oxygen atoms in total. The zero-order valence-electron chi connectivity index (χ0n) is 9.30. The van der Waals surface area contributed by atoms with Crippen LogP contribution in [0.4, 0.5) is 0 Å². The number of hydrogen-bond acceptors (Lipinski definition) is 3. The first-order chi connectivity index (χ1) is 8.04. The number of ether oxygens (including phenoxy) is 1. The molecule has 0 amide bonds. The maximum Gasteiger partial charge on any atom is 0.317 e. The van der Waals surface area contributed by atoms with Crippen molar-refractivity contribution in [1.82, 2.24) is 5.32 Å². The van der Waals surface area contributed by atoms with E-state index in [2.05, 4.69) is 5.32 Å². The number of nitrogens with one attached hydrogen (secondary N) is 1. The van der Waals surface area contributed by atoms with Crippen molar-refractivity contribution in [2.45, 2.75) is 13.5 Å². The molecule has 2 N–H and O–H groups in total. The lowest BCUT2D eigenvalue weighted by Gasteiger charge is -2.12. The van der Waals surface area contributed by atoms with Crippen molar-refractivity contribution in [2.75, 3.05) is 13.2 Å². The predicted molar refractivity (Wildman–Crippen MR) is 67.0 cm³/mol. The van der Waals surface area contributed by atoms with Crippen molar-refractivity contribution >= 4 is 29.2 Å². The van der Waals surface area contributed by atoms with E-state index >= 15 is 0 Å². The second kappa shape index (κ2) is 6.69. The largest absolute Gasteiger partial charge is 0.492 e. The zero-order valence-corrected chi connectivity index (χ0v) is 10.8. The number of hydrogen-bond donors (Lipinski definition) is 2. The number of aliphatic carboxylic acids is 1. The van der Waals surface area contributed by atoms with Gasteiger partial charge in [0.05, 0.1) is 18.2 Å². The number of benzene rings is 1. The molecule has 0 bridgehead atoms.